The molecule has 2 unspecified atom stereocenters. The molecule has 3 nitrogen and oxygen atoms in total. The fourth-order valence-corrected chi connectivity index (χ4v) is 3.46. The molecule has 0 aliphatic carbocycles. The highest BCUT2D eigenvalue weighted by Crippen LogP contribution is 2.34. The Bertz CT molecular complexity index is 444. The molecule has 2 N–H and O–H groups in total. The third-order valence-corrected chi connectivity index (χ3v) is 4.28. The van der Waals surface area contributed by atoms with E-state index >= 15 is 0 Å². The SMILES string of the molecule is OC(Cc1cc(Br)cc2c1OCC2)C1CCCN1. The Kier molecular flexibility index (Phi) is 3.59. The zero-order valence-electron chi connectivity index (χ0n) is 10.3. The summed E-state index contributed by atoms with van der Waals surface area (Å²) in [6, 6.07) is 4.43. The zero-order chi connectivity index (χ0) is 12.5. The van der Waals surface area contributed by atoms with Crippen LogP contribution >= 0.6 is 15.9 Å². The summed E-state index contributed by atoms with van der Waals surface area (Å²) >= 11 is 3.54. The molecule has 0 spiro atoms. The number of hydrogen-bond acceptors (Lipinski definition) is 3. The van der Waals surface area contributed by atoms with E-state index in [2.05, 4.69) is 33.4 Å². The first-order valence-corrected chi connectivity index (χ1v) is 7.39. The van der Waals surface area contributed by atoms with Crippen LogP contribution in [0.4, 0.5) is 0 Å². The summed E-state index contributed by atoms with van der Waals surface area (Å²) in [6.07, 6.45) is 3.54. The van der Waals surface area contributed by atoms with Gasteiger partial charge in [-0.1, -0.05) is 15.9 Å². The molecular weight excluding hydrogens is 294 g/mol. The van der Waals surface area contributed by atoms with Crippen LogP contribution in [0.1, 0.15) is 24.0 Å². The summed E-state index contributed by atoms with van der Waals surface area (Å²) in [5.41, 5.74) is 2.38. The van der Waals surface area contributed by atoms with Gasteiger partial charge in [0, 0.05) is 23.4 Å². The summed E-state index contributed by atoms with van der Waals surface area (Å²) in [6.45, 7) is 1.78. The van der Waals surface area contributed by atoms with Gasteiger partial charge in [0.2, 0.25) is 0 Å². The average molecular weight is 312 g/mol. The lowest BCUT2D eigenvalue weighted by atomic mass is 9.98. The van der Waals surface area contributed by atoms with E-state index in [1.54, 1.807) is 0 Å². The van der Waals surface area contributed by atoms with Crippen LogP contribution in [0.15, 0.2) is 16.6 Å². The smallest absolute Gasteiger partial charge is 0.125 e. The lowest BCUT2D eigenvalue weighted by Crippen LogP contribution is -2.36. The predicted octanol–water partition coefficient (Wildman–Crippen LogP) is 2.04. The normalized spacial score (nSPS) is 23.8. The number of halogens is 1. The standard InChI is InChI=1S/C14H18BrNO2/c15-11-6-9-3-5-18-14(9)10(7-11)8-13(17)12-2-1-4-16-12/h6-7,12-13,16-17H,1-5,8H2. The van der Waals surface area contributed by atoms with E-state index in [1.807, 2.05) is 0 Å². The second-order valence-electron chi connectivity index (χ2n) is 5.13. The lowest BCUT2D eigenvalue weighted by molar-refractivity contribution is 0.135. The molecule has 2 atom stereocenters. The quantitative estimate of drug-likeness (QED) is 0.897. The fourth-order valence-electron chi connectivity index (χ4n) is 2.91. The Labute approximate surface area is 116 Å². The number of hydrogen-bond donors (Lipinski definition) is 2. The Hall–Kier alpha value is -0.580. The van der Waals surface area contributed by atoms with E-state index in [-0.39, 0.29) is 12.1 Å². The van der Waals surface area contributed by atoms with Crippen LogP contribution in [0.25, 0.3) is 0 Å². The highest BCUT2D eigenvalue weighted by molar-refractivity contribution is 9.10. The topological polar surface area (TPSA) is 41.5 Å². The number of aliphatic hydroxyl groups is 1. The van der Waals surface area contributed by atoms with E-state index in [0.717, 1.165) is 48.2 Å². The fraction of sp³-hybridized carbons (Fsp3) is 0.571. The van der Waals surface area contributed by atoms with Crippen molar-refractivity contribution in [3.63, 3.8) is 0 Å². The van der Waals surface area contributed by atoms with Gasteiger partial charge in [-0.2, -0.15) is 0 Å². The lowest BCUT2D eigenvalue weighted by Gasteiger charge is -2.19. The van der Waals surface area contributed by atoms with Crippen LogP contribution < -0.4 is 10.1 Å². The minimum Gasteiger partial charge on any atom is -0.493 e. The minimum atomic E-state index is -0.324. The molecule has 4 heteroatoms. The van der Waals surface area contributed by atoms with E-state index in [4.69, 9.17) is 4.74 Å². The van der Waals surface area contributed by atoms with Gasteiger partial charge in [-0.05, 0) is 42.6 Å². The average Bonchev–Trinajstić information content (AvgIpc) is 2.98. The van der Waals surface area contributed by atoms with Gasteiger partial charge in [0.15, 0.2) is 0 Å². The maximum Gasteiger partial charge on any atom is 0.125 e. The van der Waals surface area contributed by atoms with Crippen LogP contribution in [-0.2, 0) is 12.8 Å². The van der Waals surface area contributed by atoms with Crippen LogP contribution in [0.3, 0.4) is 0 Å². The van der Waals surface area contributed by atoms with Crippen molar-refractivity contribution in [1.29, 1.82) is 0 Å². The molecule has 1 aromatic carbocycles. The van der Waals surface area contributed by atoms with Crippen LogP contribution in [0.5, 0.6) is 5.75 Å². The molecule has 2 heterocycles. The van der Waals surface area contributed by atoms with Crippen molar-refractivity contribution in [2.45, 2.75) is 37.8 Å². The molecule has 2 aliphatic heterocycles. The van der Waals surface area contributed by atoms with Gasteiger partial charge in [0.25, 0.3) is 0 Å². The second kappa shape index (κ2) is 5.19. The van der Waals surface area contributed by atoms with Crippen LogP contribution in [-0.4, -0.2) is 30.4 Å². The third kappa shape index (κ3) is 2.42. The van der Waals surface area contributed by atoms with Crippen LogP contribution in [0.2, 0.25) is 0 Å². The highest BCUT2D eigenvalue weighted by Gasteiger charge is 2.25. The number of ether oxygens (including phenoxy) is 1. The van der Waals surface area contributed by atoms with Gasteiger partial charge in [-0.15, -0.1) is 0 Å². The monoisotopic (exact) mass is 311 g/mol. The predicted molar refractivity (Wildman–Crippen MR) is 74.1 cm³/mol. The minimum absolute atomic E-state index is 0.237. The van der Waals surface area contributed by atoms with Crippen molar-refractivity contribution in [2.75, 3.05) is 13.2 Å². The number of nitrogens with one attached hydrogen (secondary N) is 1. The maximum absolute atomic E-state index is 10.3. The Morgan fingerprint density at radius 1 is 1.50 bits per heavy atom. The molecule has 1 fully saturated rings. The van der Waals surface area contributed by atoms with Gasteiger partial charge in [0.1, 0.15) is 5.75 Å². The number of benzene rings is 1. The summed E-state index contributed by atoms with van der Waals surface area (Å²) < 4.78 is 6.77. The molecule has 18 heavy (non-hydrogen) atoms. The molecule has 2 aliphatic rings. The van der Waals surface area contributed by atoms with Gasteiger partial charge in [0.05, 0.1) is 12.7 Å². The van der Waals surface area contributed by atoms with Crippen molar-refractivity contribution < 1.29 is 9.84 Å². The number of fused-ring (bicyclic) bond motifs is 1. The Balaban J connectivity index is 1.79. The summed E-state index contributed by atoms with van der Waals surface area (Å²) in [5.74, 6) is 0.996. The van der Waals surface area contributed by atoms with E-state index < -0.39 is 0 Å². The largest absolute Gasteiger partial charge is 0.493 e. The van der Waals surface area contributed by atoms with Crippen molar-refractivity contribution in [1.82, 2.24) is 5.32 Å². The van der Waals surface area contributed by atoms with Gasteiger partial charge < -0.3 is 15.2 Å². The molecule has 0 saturated carbocycles. The van der Waals surface area contributed by atoms with Crippen molar-refractivity contribution in [3.05, 3.63) is 27.7 Å². The molecule has 0 radical (unpaired) electrons. The van der Waals surface area contributed by atoms with Gasteiger partial charge >= 0.3 is 0 Å². The van der Waals surface area contributed by atoms with E-state index in [9.17, 15) is 5.11 Å². The van der Waals surface area contributed by atoms with Gasteiger partial charge in [-0.25, -0.2) is 0 Å². The van der Waals surface area contributed by atoms with Crippen LogP contribution in [0, 0.1) is 0 Å². The van der Waals surface area contributed by atoms with Crippen molar-refractivity contribution >= 4 is 15.9 Å². The molecule has 0 bridgehead atoms. The van der Waals surface area contributed by atoms with Crippen molar-refractivity contribution in [2.24, 2.45) is 0 Å². The maximum atomic E-state index is 10.3. The van der Waals surface area contributed by atoms with Crippen molar-refractivity contribution in [3.8, 4) is 5.75 Å². The molecule has 0 amide bonds. The highest BCUT2D eigenvalue weighted by atomic mass is 79.9. The summed E-state index contributed by atoms with van der Waals surface area (Å²) in [5, 5.41) is 13.6. The first kappa shape index (κ1) is 12.5. The molecule has 98 valence electrons. The Morgan fingerprint density at radius 2 is 2.39 bits per heavy atom. The first-order chi connectivity index (χ1) is 8.74. The van der Waals surface area contributed by atoms with E-state index in [1.165, 1.54) is 5.56 Å². The van der Waals surface area contributed by atoms with E-state index in [0.29, 0.717) is 6.42 Å². The second-order valence-corrected chi connectivity index (χ2v) is 6.04. The first-order valence-electron chi connectivity index (χ1n) is 6.59. The zero-order valence-corrected chi connectivity index (χ0v) is 11.9. The molecule has 1 aromatic rings. The molecule has 1 saturated heterocycles. The number of rotatable bonds is 3. The summed E-state index contributed by atoms with van der Waals surface area (Å²) in [7, 11) is 0. The molecule has 0 aromatic heterocycles. The number of aliphatic hydroxyl groups excluding tert-OH is 1. The molecular formula is C14H18BrNO2. The molecule has 3 rings (SSSR count). The third-order valence-electron chi connectivity index (χ3n) is 3.82. The van der Waals surface area contributed by atoms with Gasteiger partial charge in [-0.3, -0.25) is 0 Å². The summed E-state index contributed by atoms with van der Waals surface area (Å²) in [4.78, 5) is 0. The Morgan fingerprint density at radius 3 is 3.17 bits per heavy atom.